The summed E-state index contributed by atoms with van der Waals surface area (Å²) in [4.78, 5) is 20.2. The minimum absolute atomic E-state index is 0.0575. The molecule has 2 rings (SSSR count). The van der Waals surface area contributed by atoms with Gasteiger partial charge in [-0.25, -0.2) is 14.2 Å². The zero-order valence-electron chi connectivity index (χ0n) is 17.2. The highest BCUT2D eigenvalue weighted by Gasteiger charge is 2.31. The molecule has 1 atom stereocenters. The third kappa shape index (κ3) is 7.62. The van der Waals surface area contributed by atoms with Crippen molar-refractivity contribution in [1.82, 2.24) is 14.8 Å². The average molecular weight is 402 g/mol. The lowest BCUT2D eigenvalue weighted by Crippen LogP contribution is -2.36. The van der Waals surface area contributed by atoms with Crippen molar-refractivity contribution in [2.45, 2.75) is 71.9 Å². The van der Waals surface area contributed by atoms with E-state index in [0.29, 0.717) is 26.2 Å². The second kappa shape index (κ2) is 8.73. The van der Waals surface area contributed by atoms with E-state index < -0.39 is 11.3 Å². The first kappa shape index (κ1) is 21.9. The number of rotatable bonds is 7. The molecule has 1 fully saturated rings. The number of aromatic nitrogens is 1. The standard InChI is InChI=1S/C19H32FN3O3S/c1-7-22(13-19(5,6)20)12-15-21-10-16(27-15)25-14-8-9-23(11-14)17(24)26-18(2,3)4/h10,14H,7-9,11-13H2,1-6H3/t14-/m1/s1. The number of halogens is 1. The molecular weight excluding hydrogens is 369 g/mol. The van der Waals surface area contributed by atoms with E-state index in [1.165, 1.54) is 11.3 Å². The van der Waals surface area contributed by atoms with E-state index in [1.54, 1.807) is 24.9 Å². The molecular formula is C19H32FN3O3S. The second-order valence-electron chi connectivity index (χ2n) is 8.55. The number of carbonyl (C=O) groups excluding carboxylic acids is 1. The lowest BCUT2D eigenvalue weighted by atomic mass is 10.1. The average Bonchev–Trinajstić information content (AvgIpc) is 3.13. The SMILES string of the molecule is CCN(Cc1ncc(O[C@@H]2CCN(C(=O)OC(C)(C)C)C2)s1)CC(C)(C)F. The summed E-state index contributed by atoms with van der Waals surface area (Å²) in [5, 5.41) is 1.63. The zero-order valence-corrected chi connectivity index (χ0v) is 18.1. The van der Waals surface area contributed by atoms with Crippen LogP contribution in [-0.4, -0.2) is 64.4 Å². The second-order valence-corrected chi connectivity index (χ2v) is 9.63. The molecule has 1 amide bonds. The number of likely N-dealkylation sites (tertiary alicyclic amines) is 1. The Labute approximate surface area is 165 Å². The molecule has 1 aromatic rings. The van der Waals surface area contributed by atoms with E-state index in [-0.39, 0.29) is 12.2 Å². The highest BCUT2D eigenvalue weighted by atomic mass is 32.1. The number of thiazole rings is 1. The fraction of sp³-hybridized carbons (Fsp3) is 0.789. The molecule has 0 radical (unpaired) electrons. The summed E-state index contributed by atoms with van der Waals surface area (Å²) < 4.78 is 25.3. The molecule has 0 unspecified atom stereocenters. The van der Waals surface area contributed by atoms with E-state index in [9.17, 15) is 9.18 Å². The molecule has 154 valence electrons. The normalized spacial score (nSPS) is 18.2. The van der Waals surface area contributed by atoms with Crippen molar-refractivity contribution in [2.24, 2.45) is 0 Å². The monoisotopic (exact) mass is 401 g/mol. The third-order valence-electron chi connectivity index (χ3n) is 4.02. The first-order chi connectivity index (χ1) is 12.4. The van der Waals surface area contributed by atoms with E-state index in [0.717, 1.165) is 23.0 Å². The number of carbonyl (C=O) groups is 1. The summed E-state index contributed by atoms with van der Waals surface area (Å²) in [5.41, 5.74) is -1.73. The maximum absolute atomic E-state index is 13.9. The summed E-state index contributed by atoms with van der Waals surface area (Å²) in [7, 11) is 0. The smallest absolute Gasteiger partial charge is 0.410 e. The van der Waals surface area contributed by atoms with Crippen LogP contribution < -0.4 is 4.74 Å². The van der Waals surface area contributed by atoms with Gasteiger partial charge in [0.25, 0.3) is 0 Å². The van der Waals surface area contributed by atoms with Gasteiger partial charge in [0, 0.05) is 19.5 Å². The Morgan fingerprint density at radius 2 is 2.11 bits per heavy atom. The molecule has 0 aromatic carbocycles. The van der Waals surface area contributed by atoms with Gasteiger partial charge in [-0.1, -0.05) is 18.3 Å². The summed E-state index contributed by atoms with van der Waals surface area (Å²) in [5.74, 6) is 0. The van der Waals surface area contributed by atoms with E-state index in [4.69, 9.17) is 9.47 Å². The Balaban J connectivity index is 1.85. The minimum Gasteiger partial charge on any atom is -0.477 e. The van der Waals surface area contributed by atoms with Crippen molar-refractivity contribution in [1.29, 1.82) is 0 Å². The molecule has 6 nitrogen and oxygen atoms in total. The Morgan fingerprint density at radius 3 is 2.70 bits per heavy atom. The van der Waals surface area contributed by atoms with Gasteiger partial charge < -0.3 is 14.4 Å². The van der Waals surface area contributed by atoms with Crippen LogP contribution in [0.3, 0.4) is 0 Å². The van der Waals surface area contributed by atoms with Gasteiger partial charge in [-0.15, -0.1) is 0 Å². The van der Waals surface area contributed by atoms with Gasteiger partial charge in [-0.3, -0.25) is 4.90 Å². The van der Waals surface area contributed by atoms with Gasteiger partial charge in [0.2, 0.25) is 0 Å². The van der Waals surface area contributed by atoms with Crippen LogP contribution >= 0.6 is 11.3 Å². The first-order valence-electron chi connectivity index (χ1n) is 9.46. The molecule has 1 saturated heterocycles. The third-order valence-corrected chi connectivity index (χ3v) is 4.89. The molecule has 0 bridgehead atoms. The maximum atomic E-state index is 13.9. The Morgan fingerprint density at radius 1 is 1.41 bits per heavy atom. The molecule has 2 heterocycles. The molecule has 1 aliphatic heterocycles. The van der Waals surface area contributed by atoms with Crippen LogP contribution in [0.5, 0.6) is 5.06 Å². The number of hydrogen-bond donors (Lipinski definition) is 0. The molecule has 1 aliphatic rings. The highest BCUT2D eigenvalue weighted by molar-refractivity contribution is 7.13. The topological polar surface area (TPSA) is 54.9 Å². The number of alkyl halides is 1. The van der Waals surface area contributed by atoms with Crippen LogP contribution in [0.1, 0.15) is 53.0 Å². The van der Waals surface area contributed by atoms with Gasteiger partial charge in [0.1, 0.15) is 22.4 Å². The van der Waals surface area contributed by atoms with Crippen molar-refractivity contribution >= 4 is 17.4 Å². The van der Waals surface area contributed by atoms with Crippen LogP contribution in [0.2, 0.25) is 0 Å². The fourth-order valence-electron chi connectivity index (χ4n) is 2.90. The number of nitrogens with zero attached hydrogens (tertiary/aromatic N) is 3. The van der Waals surface area contributed by atoms with Gasteiger partial charge >= 0.3 is 6.09 Å². The van der Waals surface area contributed by atoms with Crippen LogP contribution in [0.15, 0.2) is 6.20 Å². The Kier molecular flexibility index (Phi) is 7.08. The predicted molar refractivity (Wildman–Crippen MR) is 105 cm³/mol. The van der Waals surface area contributed by atoms with Crippen LogP contribution in [0.25, 0.3) is 0 Å². The molecule has 1 aromatic heterocycles. The summed E-state index contributed by atoms with van der Waals surface area (Å²) in [6, 6.07) is 0. The Hall–Kier alpha value is -1.41. The zero-order chi connectivity index (χ0) is 20.2. The minimum atomic E-state index is -1.23. The maximum Gasteiger partial charge on any atom is 0.410 e. The molecule has 0 spiro atoms. The van der Waals surface area contributed by atoms with Gasteiger partial charge in [-0.2, -0.15) is 0 Å². The highest BCUT2D eigenvalue weighted by Crippen LogP contribution is 2.27. The van der Waals surface area contributed by atoms with Gasteiger partial charge in [0.05, 0.1) is 19.3 Å². The van der Waals surface area contributed by atoms with E-state index in [1.807, 2.05) is 32.6 Å². The van der Waals surface area contributed by atoms with E-state index >= 15 is 0 Å². The van der Waals surface area contributed by atoms with Gasteiger partial charge in [0.15, 0.2) is 5.06 Å². The predicted octanol–water partition coefficient (Wildman–Crippen LogP) is 4.10. The number of ether oxygens (including phenoxy) is 2. The molecule has 0 N–H and O–H groups in total. The summed E-state index contributed by atoms with van der Waals surface area (Å²) >= 11 is 1.48. The molecule has 0 aliphatic carbocycles. The van der Waals surface area contributed by atoms with Crippen LogP contribution in [-0.2, 0) is 11.3 Å². The fourth-order valence-corrected chi connectivity index (χ4v) is 3.78. The van der Waals surface area contributed by atoms with Crippen molar-refractivity contribution in [3.05, 3.63) is 11.2 Å². The molecule has 8 heteroatoms. The van der Waals surface area contributed by atoms with Crippen molar-refractivity contribution in [2.75, 3.05) is 26.2 Å². The number of amides is 1. The first-order valence-corrected chi connectivity index (χ1v) is 10.3. The lowest BCUT2D eigenvalue weighted by Gasteiger charge is -2.25. The van der Waals surface area contributed by atoms with Crippen molar-refractivity contribution in [3.63, 3.8) is 0 Å². The Bertz CT molecular complexity index is 624. The number of hydrogen-bond acceptors (Lipinski definition) is 6. The summed E-state index contributed by atoms with van der Waals surface area (Å²) in [6.45, 7) is 13.6. The molecule has 0 saturated carbocycles. The van der Waals surface area contributed by atoms with Gasteiger partial charge in [-0.05, 0) is 41.2 Å². The largest absolute Gasteiger partial charge is 0.477 e. The van der Waals surface area contributed by atoms with Crippen LogP contribution in [0.4, 0.5) is 9.18 Å². The van der Waals surface area contributed by atoms with Crippen LogP contribution in [0, 0.1) is 0 Å². The molecule has 27 heavy (non-hydrogen) atoms. The quantitative estimate of drug-likeness (QED) is 0.688. The van der Waals surface area contributed by atoms with E-state index in [2.05, 4.69) is 4.98 Å². The summed E-state index contributed by atoms with van der Waals surface area (Å²) in [6.07, 6.45) is 2.12. The van der Waals surface area contributed by atoms with Crippen molar-refractivity contribution < 1.29 is 18.7 Å². The lowest BCUT2D eigenvalue weighted by molar-refractivity contribution is 0.0276. The van der Waals surface area contributed by atoms with Crippen molar-refractivity contribution in [3.8, 4) is 5.06 Å².